The van der Waals surface area contributed by atoms with Gasteiger partial charge in [0.05, 0.1) is 12.2 Å². The number of ether oxygens (including phenoxy) is 4. The van der Waals surface area contributed by atoms with Gasteiger partial charge in [0.1, 0.15) is 0 Å². The van der Waals surface area contributed by atoms with Crippen molar-refractivity contribution < 1.29 is 18.9 Å². The molecule has 6 aliphatic carbocycles. The molecule has 0 radical (unpaired) electrons. The van der Waals surface area contributed by atoms with E-state index in [-0.39, 0.29) is 23.4 Å². The van der Waals surface area contributed by atoms with Crippen LogP contribution in [0, 0.1) is 70.0 Å². The largest absolute Gasteiger partial charge is 0.355 e. The third kappa shape index (κ3) is 1.32. The topological polar surface area (TPSA) is 36.9 Å². The SMILES string of the molecule is CO[C@H]1O[C@@H]2CC[C@@H]3[C@@H]2[C@@H]2[C@H]4[C@@H]5[C@H]6[C@H]7[C@@H](CC[C@@H]7O[C@H](OC)[C@@]6(C)[C@@H]34)[C@H]5[C@]12C. The zero-order valence-corrected chi connectivity index (χ0v) is 17.5. The van der Waals surface area contributed by atoms with Crippen LogP contribution in [0.3, 0.4) is 0 Å². The van der Waals surface area contributed by atoms with Crippen molar-refractivity contribution in [3.8, 4) is 0 Å². The van der Waals surface area contributed by atoms with Crippen molar-refractivity contribution in [3.63, 3.8) is 0 Å². The maximum Gasteiger partial charge on any atom is 0.163 e. The molecule has 0 unspecified atom stereocenters. The number of methoxy groups -OCH3 is 2. The predicted octanol–water partition coefficient (Wildman–Crippen LogP) is 3.55. The van der Waals surface area contributed by atoms with Gasteiger partial charge in [-0.2, -0.15) is 0 Å². The van der Waals surface area contributed by atoms with Gasteiger partial charge in [0.2, 0.25) is 0 Å². The van der Waals surface area contributed by atoms with Gasteiger partial charge in [-0.3, -0.25) is 0 Å². The van der Waals surface area contributed by atoms with Crippen molar-refractivity contribution in [1.29, 1.82) is 0 Å². The van der Waals surface area contributed by atoms with E-state index in [2.05, 4.69) is 13.8 Å². The van der Waals surface area contributed by atoms with Crippen molar-refractivity contribution in [2.75, 3.05) is 14.2 Å². The summed E-state index contributed by atoms with van der Waals surface area (Å²) in [7, 11) is 3.80. The lowest BCUT2D eigenvalue weighted by Gasteiger charge is -2.53. The van der Waals surface area contributed by atoms with Gasteiger partial charge < -0.3 is 18.9 Å². The molecule has 0 aromatic carbocycles. The molecule has 0 N–H and O–H groups in total. The fourth-order valence-electron chi connectivity index (χ4n) is 12.4. The molecule has 16 atom stereocenters. The third-order valence-corrected chi connectivity index (χ3v) is 12.2. The Hall–Kier alpha value is -0.160. The quantitative estimate of drug-likeness (QED) is 0.727. The van der Waals surface area contributed by atoms with Crippen LogP contribution < -0.4 is 0 Å². The summed E-state index contributed by atoms with van der Waals surface area (Å²) in [6.07, 6.45) is 5.99. The molecule has 8 rings (SSSR count). The molecule has 0 aromatic rings. The van der Waals surface area contributed by atoms with Crippen LogP contribution in [-0.2, 0) is 18.9 Å². The second-order valence-corrected chi connectivity index (χ2v) is 12.1. The van der Waals surface area contributed by atoms with E-state index in [4.69, 9.17) is 18.9 Å². The van der Waals surface area contributed by atoms with E-state index < -0.39 is 0 Å². The molecule has 0 bridgehead atoms. The van der Waals surface area contributed by atoms with Crippen LogP contribution in [0.25, 0.3) is 0 Å². The molecule has 8 aliphatic rings. The fourth-order valence-corrected chi connectivity index (χ4v) is 12.4. The van der Waals surface area contributed by atoms with Crippen molar-refractivity contribution in [2.45, 2.75) is 64.3 Å². The lowest BCUT2D eigenvalue weighted by atomic mass is 9.61. The summed E-state index contributed by atoms with van der Waals surface area (Å²) in [4.78, 5) is 0. The van der Waals surface area contributed by atoms with Crippen LogP contribution in [0.1, 0.15) is 39.5 Å². The highest BCUT2D eigenvalue weighted by atomic mass is 16.7. The van der Waals surface area contributed by atoms with Gasteiger partial charge in [-0.05, 0) is 84.9 Å². The van der Waals surface area contributed by atoms with Gasteiger partial charge in [-0.1, -0.05) is 13.8 Å². The average molecular weight is 387 g/mol. The summed E-state index contributed by atoms with van der Waals surface area (Å²) < 4.78 is 25.9. The molecular formula is C24H34O4. The van der Waals surface area contributed by atoms with Crippen molar-refractivity contribution in [3.05, 3.63) is 0 Å². The molecule has 2 saturated heterocycles. The zero-order chi connectivity index (χ0) is 18.7. The molecule has 4 heteroatoms. The zero-order valence-electron chi connectivity index (χ0n) is 17.5. The summed E-state index contributed by atoms with van der Waals surface area (Å²) in [5.41, 5.74) is 0.396. The molecule has 0 aromatic heterocycles. The van der Waals surface area contributed by atoms with Crippen LogP contribution in [0.5, 0.6) is 0 Å². The standard InChI is InChI=1S/C24H34O4/c1-23-17-9-5-7-12-14(9)20-15(17)16-18(24(20,2)22(26-4)28-12)10-6-8-11(13(10)19(16)23)27-21(23)25-3/h9-22H,5-8H2,1-4H3/t9-,10-,11-,12+,13+,14+,15+,16+,17-,18+,19-,20-,21+,22+,23+,24+/m1/s1. The minimum absolute atomic E-state index is 0.00329. The normalized spacial score (nSPS) is 74.1. The summed E-state index contributed by atoms with van der Waals surface area (Å²) >= 11 is 0. The van der Waals surface area contributed by atoms with Crippen molar-refractivity contribution in [1.82, 2.24) is 0 Å². The van der Waals surface area contributed by atoms with Gasteiger partial charge in [0.15, 0.2) is 12.6 Å². The Morgan fingerprint density at radius 2 is 1.04 bits per heavy atom. The van der Waals surface area contributed by atoms with E-state index in [0.29, 0.717) is 12.2 Å². The molecule has 0 spiro atoms. The Bertz CT molecular complexity index is 693. The van der Waals surface area contributed by atoms with Crippen LogP contribution in [0.4, 0.5) is 0 Å². The Labute approximate surface area is 168 Å². The smallest absolute Gasteiger partial charge is 0.163 e. The Balaban J connectivity index is 1.41. The minimum atomic E-state index is -0.00329. The third-order valence-electron chi connectivity index (χ3n) is 12.2. The molecule has 4 nitrogen and oxygen atoms in total. The molecule has 154 valence electrons. The maximum absolute atomic E-state index is 6.78. The highest BCUT2D eigenvalue weighted by molar-refractivity contribution is 5.32. The highest BCUT2D eigenvalue weighted by Crippen LogP contribution is 2.87. The Morgan fingerprint density at radius 1 is 0.607 bits per heavy atom. The Morgan fingerprint density at radius 3 is 1.43 bits per heavy atom. The van der Waals surface area contributed by atoms with E-state index >= 15 is 0 Å². The van der Waals surface area contributed by atoms with Gasteiger partial charge in [-0.25, -0.2) is 0 Å². The second kappa shape index (κ2) is 4.69. The lowest BCUT2D eigenvalue weighted by Crippen LogP contribution is -2.56. The molecule has 0 amide bonds. The van der Waals surface area contributed by atoms with Crippen LogP contribution in [-0.4, -0.2) is 39.0 Å². The van der Waals surface area contributed by atoms with Crippen molar-refractivity contribution >= 4 is 0 Å². The average Bonchev–Trinajstić information content (AvgIpc) is 3.44. The van der Waals surface area contributed by atoms with Crippen LogP contribution >= 0.6 is 0 Å². The fraction of sp³-hybridized carbons (Fsp3) is 1.00. The Kier molecular flexibility index (Phi) is 2.77. The minimum Gasteiger partial charge on any atom is -0.355 e. The first-order chi connectivity index (χ1) is 13.6. The van der Waals surface area contributed by atoms with E-state index in [1.165, 1.54) is 25.7 Å². The van der Waals surface area contributed by atoms with E-state index in [1.54, 1.807) is 0 Å². The van der Waals surface area contributed by atoms with Gasteiger partial charge in [0.25, 0.3) is 0 Å². The molecule has 2 heterocycles. The molecule has 8 fully saturated rings. The molecule has 28 heavy (non-hydrogen) atoms. The van der Waals surface area contributed by atoms with E-state index in [9.17, 15) is 0 Å². The summed E-state index contributed by atoms with van der Waals surface area (Å²) in [6.45, 7) is 5.17. The van der Waals surface area contributed by atoms with Crippen LogP contribution in [0.15, 0.2) is 0 Å². The number of hydrogen-bond acceptors (Lipinski definition) is 4. The van der Waals surface area contributed by atoms with E-state index in [1.807, 2.05) is 14.2 Å². The van der Waals surface area contributed by atoms with Gasteiger partial charge in [-0.15, -0.1) is 0 Å². The highest BCUT2D eigenvalue weighted by Gasteiger charge is 2.87. The number of hydrogen-bond donors (Lipinski definition) is 0. The predicted molar refractivity (Wildman–Crippen MR) is 101 cm³/mol. The maximum atomic E-state index is 6.78. The molecule has 2 aliphatic heterocycles. The van der Waals surface area contributed by atoms with E-state index in [0.717, 1.165) is 59.2 Å². The lowest BCUT2D eigenvalue weighted by molar-refractivity contribution is -0.287. The number of fused-ring (bicyclic) bond motifs is 4. The van der Waals surface area contributed by atoms with Gasteiger partial charge >= 0.3 is 0 Å². The first kappa shape index (κ1) is 16.5. The second-order valence-electron chi connectivity index (χ2n) is 12.1. The first-order valence-electron chi connectivity index (χ1n) is 11.9. The number of rotatable bonds is 2. The summed E-state index contributed by atoms with van der Waals surface area (Å²) in [6, 6.07) is 0. The summed E-state index contributed by atoms with van der Waals surface area (Å²) in [5.74, 6) is 7.96. The van der Waals surface area contributed by atoms with Crippen molar-refractivity contribution in [2.24, 2.45) is 70.0 Å². The van der Waals surface area contributed by atoms with Gasteiger partial charge in [0, 0.05) is 25.0 Å². The summed E-state index contributed by atoms with van der Waals surface area (Å²) in [5, 5.41) is 0. The van der Waals surface area contributed by atoms with Crippen LogP contribution in [0.2, 0.25) is 0 Å². The first-order valence-corrected chi connectivity index (χ1v) is 11.9. The molecule has 6 saturated carbocycles. The molecular weight excluding hydrogens is 352 g/mol. The monoisotopic (exact) mass is 386 g/mol.